The molecule has 7 heteroatoms. The number of rotatable bonds is 5. The minimum atomic E-state index is -0.570. The van der Waals surface area contributed by atoms with Crippen LogP contribution in [0.1, 0.15) is 5.56 Å². The first-order valence-corrected chi connectivity index (χ1v) is 8.48. The number of ether oxygens (including phenoxy) is 2. The molecule has 24 heavy (non-hydrogen) atoms. The smallest absolute Gasteiger partial charge is 0.325 e. The summed E-state index contributed by atoms with van der Waals surface area (Å²) in [7, 11) is 0. The second-order valence-electron chi connectivity index (χ2n) is 5.05. The summed E-state index contributed by atoms with van der Waals surface area (Å²) in [6, 6.07) is 14.3. The number of carbonyl (C=O) groups is 2. The summed E-state index contributed by atoms with van der Waals surface area (Å²) >= 11 is 1.45. The maximum absolute atomic E-state index is 11.8. The third-order valence-corrected chi connectivity index (χ3v) is 4.23. The third-order valence-electron chi connectivity index (χ3n) is 3.23. The van der Waals surface area contributed by atoms with E-state index in [2.05, 4.69) is 10.6 Å². The quantitative estimate of drug-likeness (QED) is 0.872. The van der Waals surface area contributed by atoms with Crippen LogP contribution in [-0.4, -0.2) is 24.5 Å². The van der Waals surface area contributed by atoms with Crippen LogP contribution in [0.2, 0.25) is 0 Å². The van der Waals surface area contributed by atoms with E-state index in [0.717, 1.165) is 11.3 Å². The number of thioether (sulfide) groups is 1. The van der Waals surface area contributed by atoms with E-state index in [1.165, 1.54) is 11.8 Å². The summed E-state index contributed by atoms with van der Waals surface area (Å²) in [5.74, 6) is 1.79. The van der Waals surface area contributed by atoms with Crippen molar-refractivity contribution in [3.8, 4) is 11.5 Å². The van der Waals surface area contributed by atoms with Gasteiger partial charge in [-0.3, -0.25) is 10.1 Å². The number of hydrogen-bond acceptors (Lipinski definition) is 5. The van der Waals surface area contributed by atoms with Gasteiger partial charge in [0.1, 0.15) is 0 Å². The van der Waals surface area contributed by atoms with Gasteiger partial charge in [-0.1, -0.05) is 30.3 Å². The van der Waals surface area contributed by atoms with E-state index in [9.17, 15) is 9.59 Å². The van der Waals surface area contributed by atoms with Gasteiger partial charge in [-0.25, -0.2) is 4.79 Å². The molecule has 2 aromatic rings. The van der Waals surface area contributed by atoms with Crippen LogP contribution in [0.25, 0.3) is 0 Å². The summed E-state index contributed by atoms with van der Waals surface area (Å²) in [5.41, 5.74) is 1.67. The molecule has 0 radical (unpaired) electrons. The molecule has 0 aliphatic carbocycles. The van der Waals surface area contributed by atoms with E-state index in [0.29, 0.717) is 17.2 Å². The van der Waals surface area contributed by atoms with Gasteiger partial charge in [-0.2, -0.15) is 0 Å². The normalized spacial score (nSPS) is 11.8. The van der Waals surface area contributed by atoms with Gasteiger partial charge in [-0.05, 0) is 17.7 Å². The third kappa shape index (κ3) is 4.42. The highest BCUT2D eigenvalue weighted by atomic mass is 32.2. The second-order valence-corrected chi connectivity index (χ2v) is 6.03. The Labute approximate surface area is 143 Å². The van der Waals surface area contributed by atoms with Crippen molar-refractivity contribution in [2.24, 2.45) is 0 Å². The summed E-state index contributed by atoms with van der Waals surface area (Å²) in [6.45, 7) is 0.169. The molecular formula is C17H16N2O4S. The van der Waals surface area contributed by atoms with E-state index in [-0.39, 0.29) is 18.5 Å². The Bertz CT molecular complexity index is 737. The molecule has 0 fully saturated rings. The number of carbonyl (C=O) groups excluding carboxylic acids is 2. The first-order valence-electron chi connectivity index (χ1n) is 7.33. The molecule has 3 rings (SSSR count). The topological polar surface area (TPSA) is 76.7 Å². The van der Waals surface area contributed by atoms with Gasteiger partial charge in [0.25, 0.3) is 0 Å². The SMILES string of the molecule is O=C(CSCc1ccccc1)NC(=O)Nc1ccc2c(c1)OCO2. The van der Waals surface area contributed by atoms with Crippen molar-refractivity contribution in [1.29, 1.82) is 0 Å². The molecule has 1 aliphatic rings. The predicted molar refractivity (Wildman–Crippen MR) is 92.3 cm³/mol. The van der Waals surface area contributed by atoms with E-state index < -0.39 is 6.03 Å². The van der Waals surface area contributed by atoms with Crippen LogP contribution < -0.4 is 20.1 Å². The number of fused-ring (bicyclic) bond motifs is 1. The monoisotopic (exact) mass is 344 g/mol. The lowest BCUT2D eigenvalue weighted by Gasteiger charge is -2.07. The summed E-state index contributed by atoms with van der Waals surface area (Å²) in [5, 5.41) is 4.90. The first kappa shape index (κ1) is 16.2. The van der Waals surface area contributed by atoms with E-state index in [1.807, 2.05) is 30.3 Å². The van der Waals surface area contributed by atoms with Gasteiger partial charge in [0.2, 0.25) is 12.7 Å². The molecule has 0 spiro atoms. The van der Waals surface area contributed by atoms with Gasteiger partial charge >= 0.3 is 6.03 Å². The van der Waals surface area contributed by atoms with Crippen molar-refractivity contribution in [1.82, 2.24) is 5.32 Å². The lowest BCUT2D eigenvalue weighted by atomic mass is 10.2. The number of imide groups is 1. The fourth-order valence-electron chi connectivity index (χ4n) is 2.14. The molecule has 0 saturated heterocycles. The maximum atomic E-state index is 11.8. The molecule has 2 aromatic carbocycles. The van der Waals surface area contributed by atoms with Gasteiger partial charge < -0.3 is 14.8 Å². The lowest BCUT2D eigenvalue weighted by Crippen LogP contribution is -2.35. The van der Waals surface area contributed by atoms with Crippen molar-refractivity contribution in [2.45, 2.75) is 5.75 Å². The number of urea groups is 1. The number of benzene rings is 2. The zero-order chi connectivity index (χ0) is 16.8. The zero-order valence-electron chi connectivity index (χ0n) is 12.8. The first-order chi connectivity index (χ1) is 11.7. The fraction of sp³-hybridized carbons (Fsp3) is 0.176. The summed E-state index contributed by atoms with van der Waals surface area (Å²) < 4.78 is 10.4. The van der Waals surface area contributed by atoms with Crippen molar-refractivity contribution >= 4 is 29.4 Å². The number of anilines is 1. The van der Waals surface area contributed by atoms with Crippen LogP contribution in [0, 0.1) is 0 Å². The average Bonchev–Trinajstić information content (AvgIpc) is 3.03. The Kier molecular flexibility index (Phi) is 5.22. The average molecular weight is 344 g/mol. The van der Waals surface area contributed by atoms with Gasteiger partial charge in [0.05, 0.1) is 5.75 Å². The fourth-order valence-corrected chi connectivity index (χ4v) is 2.92. The van der Waals surface area contributed by atoms with Gasteiger partial charge in [0, 0.05) is 17.5 Å². The molecule has 6 nitrogen and oxygen atoms in total. The molecule has 3 amide bonds. The minimum absolute atomic E-state index is 0.169. The van der Waals surface area contributed by atoms with Gasteiger partial charge in [0.15, 0.2) is 11.5 Å². The molecule has 0 unspecified atom stereocenters. The minimum Gasteiger partial charge on any atom is -0.454 e. The van der Waals surface area contributed by atoms with E-state index >= 15 is 0 Å². The standard InChI is InChI=1S/C17H16N2O4S/c20-16(10-24-9-12-4-2-1-3-5-12)19-17(21)18-13-6-7-14-15(8-13)23-11-22-14/h1-8H,9-11H2,(H2,18,19,20,21). The largest absolute Gasteiger partial charge is 0.454 e. The number of amides is 3. The molecule has 2 N–H and O–H groups in total. The van der Waals surface area contributed by atoms with Crippen LogP contribution in [0.15, 0.2) is 48.5 Å². The Morgan fingerprint density at radius 1 is 1.04 bits per heavy atom. The Morgan fingerprint density at radius 2 is 1.83 bits per heavy atom. The molecule has 0 bridgehead atoms. The Balaban J connectivity index is 1.42. The van der Waals surface area contributed by atoms with Crippen LogP contribution >= 0.6 is 11.8 Å². The highest BCUT2D eigenvalue weighted by Crippen LogP contribution is 2.34. The molecule has 0 aromatic heterocycles. The van der Waals surface area contributed by atoms with E-state index in [1.54, 1.807) is 18.2 Å². The predicted octanol–water partition coefficient (Wildman–Crippen LogP) is 3.00. The van der Waals surface area contributed by atoms with Crippen LogP contribution in [0.4, 0.5) is 10.5 Å². The molecule has 0 atom stereocenters. The van der Waals surface area contributed by atoms with E-state index in [4.69, 9.17) is 9.47 Å². The van der Waals surface area contributed by atoms with Crippen LogP contribution in [0.3, 0.4) is 0 Å². The van der Waals surface area contributed by atoms with Crippen molar-refractivity contribution in [2.75, 3.05) is 17.9 Å². The zero-order valence-corrected chi connectivity index (χ0v) is 13.6. The molecular weight excluding hydrogens is 328 g/mol. The van der Waals surface area contributed by atoms with Gasteiger partial charge in [-0.15, -0.1) is 11.8 Å². The lowest BCUT2D eigenvalue weighted by molar-refractivity contribution is -0.117. The number of nitrogens with one attached hydrogen (secondary N) is 2. The highest BCUT2D eigenvalue weighted by Gasteiger charge is 2.14. The van der Waals surface area contributed by atoms with Crippen molar-refractivity contribution in [3.63, 3.8) is 0 Å². The highest BCUT2D eigenvalue weighted by molar-refractivity contribution is 7.99. The van der Waals surface area contributed by atoms with Crippen molar-refractivity contribution in [3.05, 3.63) is 54.1 Å². The second kappa shape index (κ2) is 7.74. The summed E-state index contributed by atoms with van der Waals surface area (Å²) in [4.78, 5) is 23.6. The molecule has 124 valence electrons. The van der Waals surface area contributed by atoms with Crippen LogP contribution in [-0.2, 0) is 10.5 Å². The summed E-state index contributed by atoms with van der Waals surface area (Å²) in [6.07, 6.45) is 0. The van der Waals surface area contributed by atoms with Crippen LogP contribution in [0.5, 0.6) is 11.5 Å². The molecule has 1 heterocycles. The Morgan fingerprint density at radius 3 is 2.67 bits per heavy atom. The molecule has 1 aliphatic heterocycles. The number of hydrogen-bond donors (Lipinski definition) is 2. The Hall–Kier alpha value is -2.67. The molecule has 0 saturated carbocycles. The maximum Gasteiger partial charge on any atom is 0.325 e. The van der Waals surface area contributed by atoms with Crippen molar-refractivity contribution < 1.29 is 19.1 Å².